The zero-order chi connectivity index (χ0) is 15.2. The summed E-state index contributed by atoms with van der Waals surface area (Å²) >= 11 is 0. The summed E-state index contributed by atoms with van der Waals surface area (Å²) in [6.45, 7) is 3.88. The van der Waals surface area contributed by atoms with Gasteiger partial charge in [-0.05, 0) is 31.0 Å². The Bertz CT molecular complexity index is 738. The number of aliphatic imine (C=N–C) groups is 2. The Hall–Kier alpha value is -2.80. The first-order valence-electron chi connectivity index (χ1n) is 6.47. The molecular formula is C17H14N2O2. The molecule has 0 aliphatic heterocycles. The molecule has 104 valence electrons. The van der Waals surface area contributed by atoms with Crippen LogP contribution in [0.3, 0.4) is 0 Å². The fraction of sp³-hybridized carbons (Fsp3) is 0.176. The average molecular weight is 278 g/mol. The predicted octanol–water partition coefficient (Wildman–Crippen LogP) is 3.70. The molecule has 0 saturated carbocycles. The van der Waals surface area contributed by atoms with Crippen molar-refractivity contribution in [2.45, 2.75) is 19.9 Å². The van der Waals surface area contributed by atoms with Crippen LogP contribution in [0.25, 0.3) is 0 Å². The van der Waals surface area contributed by atoms with Gasteiger partial charge in [0.2, 0.25) is 12.2 Å². The monoisotopic (exact) mass is 278 g/mol. The van der Waals surface area contributed by atoms with Gasteiger partial charge in [-0.3, -0.25) is 0 Å². The van der Waals surface area contributed by atoms with Crippen molar-refractivity contribution in [3.63, 3.8) is 0 Å². The number of rotatable bonds is 4. The van der Waals surface area contributed by atoms with Gasteiger partial charge in [0.25, 0.3) is 0 Å². The molecule has 0 aliphatic carbocycles. The molecule has 0 heterocycles. The lowest BCUT2D eigenvalue weighted by Gasteiger charge is -2.14. The Morgan fingerprint density at radius 2 is 1.57 bits per heavy atom. The molecule has 4 nitrogen and oxygen atoms in total. The molecule has 0 fully saturated rings. The van der Waals surface area contributed by atoms with Crippen LogP contribution in [0.2, 0.25) is 0 Å². The van der Waals surface area contributed by atoms with Crippen LogP contribution in [0, 0.1) is 13.8 Å². The summed E-state index contributed by atoms with van der Waals surface area (Å²) in [5, 5.41) is 0. The maximum atomic E-state index is 10.8. The van der Waals surface area contributed by atoms with Crippen LogP contribution in [0.1, 0.15) is 28.3 Å². The summed E-state index contributed by atoms with van der Waals surface area (Å²) in [6, 6.07) is 12.6. The van der Waals surface area contributed by atoms with E-state index in [0.29, 0.717) is 11.3 Å². The maximum absolute atomic E-state index is 10.8. The number of hydrogen-bond acceptors (Lipinski definition) is 4. The number of nitrogens with zero attached hydrogens (tertiary/aromatic N) is 2. The molecule has 0 aromatic heterocycles. The van der Waals surface area contributed by atoms with Crippen molar-refractivity contribution in [3.8, 4) is 0 Å². The highest BCUT2D eigenvalue weighted by molar-refractivity contribution is 5.58. The van der Waals surface area contributed by atoms with Gasteiger partial charge in [0, 0.05) is 5.56 Å². The summed E-state index contributed by atoms with van der Waals surface area (Å²) in [6.07, 6.45) is 3.14. The number of isocyanates is 2. The van der Waals surface area contributed by atoms with Gasteiger partial charge in [-0.25, -0.2) is 9.59 Å². The lowest BCUT2D eigenvalue weighted by Crippen LogP contribution is -1.99. The average Bonchev–Trinajstić information content (AvgIpc) is 2.47. The minimum absolute atomic E-state index is 0.467. The Balaban J connectivity index is 2.60. The molecule has 0 radical (unpaired) electrons. The molecule has 21 heavy (non-hydrogen) atoms. The van der Waals surface area contributed by atoms with E-state index in [0.717, 1.165) is 16.7 Å². The third kappa shape index (κ3) is 3.40. The quantitative estimate of drug-likeness (QED) is 0.632. The highest BCUT2D eigenvalue weighted by Gasteiger charge is 2.17. The molecule has 4 heteroatoms. The minimum Gasteiger partial charge on any atom is -0.211 e. The second-order valence-electron chi connectivity index (χ2n) is 4.80. The Morgan fingerprint density at radius 1 is 0.905 bits per heavy atom. The van der Waals surface area contributed by atoms with Crippen molar-refractivity contribution in [2.24, 2.45) is 9.98 Å². The van der Waals surface area contributed by atoms with E-state index in [2.05, 4.69) is 9.98 Å². The van der Waals surface area contributed by atoms with Gasteiger partial charge in [-0.15, -0.1) is 0 Å². The number of carbonyl (C=O) groups excluding carboxylic acids is 2. The summed E-state index contributed by atoms with van der Waals surface area (Å²) in [5.41, 5.74) is 4.06. The van der Waals surface area contributed by atoms with Gasteiger partial charge in [-0.1, -0.05) is 42.0 Å². The number of benzene rings is 2. The molecule has 1 atom stereocenters. The fourth-order valence-corrected chi connectivity index (χ4v) is 2.16. The van der Waals surface area contributed by atoms with E-state index < -0.39 is 6.04 Å². The molecule has 0 saturated heterocycles. The van der Waals surface area contributed by atoms with Crippen LogP contribution >= 0.6 is 0 Å². The van der Waals surface area contributed by atoms with E-state index in [-0.39, 0.29) is 0 Å². The minimum atomic E-state index is -0.532. The molecule has 0 spiro atoms. The molecule has 2 aromatic rings. The standard InChI is InChI=1S/C17H14N2O2/c1-12-3-6-14(7-4-12)17(19-11-21)15-8-5-13(2)9-16(15)18-10-20/h3-9,17H,1-2H3. The van der Waals surface area contributed by atoms with Crippen molar-refractivity contribution in [3.05, 3.63) is 64.7 Å². The fourth-order valence-electron chi connectivity index (χ4n) is 2.16. The molecule has 2 aromatic carbocycles. The lowest BCUT2D eigenvalue weighted by atomic mass is 9.96. The first-order valence-corrected chi connectivity index (χ1v) is 6.47. The van der Waals surface area contributed by atoms with Crippen molar-refractivity contribution >= 4 is 17.8 Å². The van der Waals surface area contributed by atoms with Crippen molar-refractivity contribution in [1.82, 2.24) is 0 Å². The Kier molecular flexibility index (Phi) is 4.57. The first-order chi connectivity index (χ1) is 10.2. The largest absolute Gasteiger partial charge is 0.240 e. The van der Waals surface area contributed by atoms with Crippen LogP contribution in [-0.2, 0) is 9.59 Å². The van der Waals surface area contributed by atoms with E-state index in [9.17, 15) is 9.59 Å². The Labute approximate surface area is 122 Å². The normalized spacial score (nSPS) is 11.1. The third-order valence-electron chi connectivity index (χ3n) is 3.22. The van der Waals surface area contributed by atoms with Gasteiger partial charge in [-0.2, -0.15) is 9.98 Å². The summed E-state index contributed by atoms with van der Waals surface area (Å²) in [4.78, 5) is 29.0. The van der Waals surface area contributed by atoms with E-state index in [4.69, 9.17) is 0 Å². The molecule has 1 unspecified atom stereocenters. The van der Waals surface area contributed by atoms with E-state index in [1.165, 1.54) is 0 Å². The topological polar surface area (TPSA) is 58.9 Å². The number of hydrogen-bond donors (Lipinski definition) is 0. The smallest absolute Gasteiger partial charge is 0.211 e. The third-order valence-corrected chi connectivity index (χ3v) is 3.22. The molecule has 0 N–H and O–H groups in total. The van der Waals surface area contributed by atoms with E-state index >= 15 is 0 Å². The van der Waals surface area contributed by atoms with Gasteiger partial charge in [0.15, 0.2) is 0 Å². The molecule has 0 aliphatic rings. The van der Waals surface area contributed by atoms with Crippen LogP contribution < -0.4 is 0 Å². The van der Waals surface area contributed by atoms with Crippen LogP contribution in [0.15, 0.2) is 52.4 Å². The predicted molar refractivity (Wildman–Crippen MR) is 80.1 cm³/mol. The summed E-state index contributed by atoms with van der Waals surface area (Å²) in [5.74, 6) is 0. The second-order valence-corrected chi connectivity index (χ2v) is 4.80. The summed E-state index contributed by atoms with van der Waals surface area (Å²) in [7, 11) is 0. The maximum Gasteiger partial charge on any atom is 0.240 e. The zero-order valence-electron chi connectivity index (χ0n) is 11.8. The van der Waals surface area contributed by atoms with Crippen molar-refractivity contribution in [2.75, 3.05) is 0 Å². The van der Waals surface area contributed by atoms with E-state index in [1.54, 1.807) is 18.2 Å². The van der Waals surface area contributed by atoms with Gasteiger partial charge in [0.1, 0.15) is 6.04 Å². The highest BCUT2D eigenvalue weighted by Crippen LogP contribution is 2.33. The Morgan fingerprint density at radius 3 is 2.19 bits per heavy atom. The van der Waals surface area contributed by atoms with Crippen LogP contribution in [-0.4, -0.2) is 12.2 Å². The molecule has 0 bridgehead atoms. The SMILES string of the molecule is Cc1ccc(C(N=C=O)c2ccc(C)cc2N=C=O)cc1. The molecule has 0 amide bonds. The zero-order valence-corrected chi connectivity index (χ0v) is 11.8. The summed E-state index contributed by atoms with van der Waals surface area (Å²) < 4.78 is 0. The van der Waals surface area contributed by atoms with Crippen molar-refractivity contribution < 1.29 is 9.59 Å². The van der Waals surface area contributed by atoms with Gasteiger partial charge >= 0.3 is 0 Å². The number of aryl methyl sites for hydroxylation is 2. The molecular weight excluding hydrogens is 264 g/mol. The van der Waals surface area contributed by atoms with Gasteiger partial charge in [0.05, 0.1) is 5.69 Å². The lowest BCUT2D eigenvalue weighted by molar-refractivity contribution is 0.560. The van der Waals surface area contributed by atoms with Crippen molar-refractivity contribution in [1.29, 1.82) is 0 Å². The molecule has 2 rings (SSSR count). The van der Waals surface area contributed by atoms with E-state index in [1.807, 2.05) is 50.2 Å². The van der Waals surface area contributed by atoms with Gasteiger partial charge < -0.3 is 0 Å². The van der Waals surface area contributed by atoms with Crippen LogP contribution in [0.5, 0.6) is 0 Å². The second kappa shape index (κ2) is 6.58. The van der Waals surface area contributed by atoms with Crippen LogP contribution in [0.4, 0.5) is 5.69 Å². The first kappa shape index (κ1) is 14.6. The highest BCUT2D eigenvalue weighted by atomic mass is 16.1.